The fourth-order valence-corrected chi connectivity index (χ4v) is 2.53. The molecule has 92 valence electrons. The molecule has 0 bridgehead atoms. The van der Waals surface area contributed by atoms with Crippen molar-refractivity contribution in [1.82, 2.24) is 9.78 Å². The summed E-state index contributed by atoms with van der Waals surface area (Å²) in [7, 11) is 0. The fraction of sp³-hybridized carbons (Fsp3) is 0.462. The highest BCUT2D eigenvalue weighted by atomic mass is 32.1. The summed E-state index contributed by atoms with van der Waals surface area (Å²) in [6.45, 7) is 3.03. The van der Waals surface area contributed by atoms with Gasteiger partial charge in [-0.05, 0) is 30.7 Å². The van der Waals surface area contributed by atoms with Gasteiger partial charge in [-0.15, -0.1) is 11.3 Å². The van der Waals surface area contributed by atoms with Crippen LogP contribution in [0.4, 0.5) is 0 Å². The molecule has 1 N–H and O–H groups in total. The molecular weight excluding hydrogens is 232 g/mol. The molecule has 17 heavy (non-hydrogen) atoms. The second kappa shape index (κ2) is 5.98. The Morgan fingerprint density at radius 1 is 1.53 bits per heavy atom. The molecular formula is C13H18N2OS. The lowest BCUT2D eigenvalue weighted by molar-refractivity contribution is 0.168. The molecule has 0 radical (unpaired) electrons. The molecule has 0 saturated heterocycles. The number of hydrogen-bond acceptors (Lipinski definition) is 3. The molecule has 1 atom stereocenters. The number of aryl methyl sites for hydroxylation is 2. The molecule has 0 fully saturated rings. The number of aliphatic hydroxyl groups excluding tert-OH is 1. The quantitative estimate of drug-likeness (QED) is 0.855. The Morgan fingerprint density at radius 3 is 3.12 bits per heavy atom. The molecule has 3 nitrogen and oxygen atoms in total. The first-order valence-electron chi connectivity index (χ1n) is 6.02. The van der Waals surface area contributed by atoms with Crippen LogP contribution in [0.2, 0.25) is 0 Å². The summed E-state index contributed by atoms with van der Waals surface area (Å²) < 4.78 is 1.89. The SMILES string of the molecule is CCCn1cc(C(O)CCc2cccs2)cn1. The number of hydrogen-bond donors (Lipinski definition) is 1. The standard InChI is InChI=1S/C13H18N2OS/c1-2-7-15-10-11(9-14-15)13(16)6-5-12-4-3-8-17-12/h3-4,8-10,13,16H,2,5-7H2,1H3. The topological polar surface area (TPSA) is 38.0 Å². The van der Waals surface area contributed by atoms with Gasteiger partial charge in [0.15, 0.2) is 0 Å². The van der Waals surface area contributed by atoms with E-state index in [0.29, 0.717) is 0 Å². The predicted molar refractivity (Wildman–Crippen MR) is 70.1 cm³/mol. The van der Waals surface area contributed by atoms with Crippen LogP contribution in [0.5, 0.6) is 0 Å². The molecule has 0 aliphatic heterocycles. The van der Waals surface area contributed by atoms with Crippen molar-refractivity contribution in [2.45, 2.75) is 38.8 Å². The molecule has 2 aromatic heterocycles. The van der Waals surface area contributed by atoms with E-state index in [2.05, 4.69) is 23.5 Å². The Hall–Kier alpha value is -1.13. The maximum Gasteiger partial charge on any atom is 0.0824 e. The molecule has 1 unspecified atom stereocenters. The Balaban J connectivity index is 1.88. The van der Waals surface area contributed by atoms with Gasteiger partial charge in [0.05, 0.1) is 12.3 Å². The van der Waals surface area contributed by atoms with E-state index in [1.807, 2.05) is 16.9 Å². The minimum Gasteiger partial charge on any atom is -0.388 e. The Kier molecular flexibility index (Phi) is 4.34. The van der Waals surface area contributed by atoms with Gasteiger partial charge in [-0.2, -0.15) is 5.10 Å². The van der Waals surface area contributed by atoms with Crippen LogP contribution in [0.25, 0.3) is 0 Å². The van der Waals surface area contributed by atoms with Crippen molar-refractivity contribution in [2.75, 3.05) is 0 Å². The second-order valence-corrected chi connectivity index (χ2v) is 5.20. The van der Waals surface area contributed by atoms with Crippen molar-refractivity contribution in [1.29, 1.82) is 0 Å². The lowest BCUT2D eigenvalue weighted by atomic mass is 10.1. The largest absolute Gasteiger partial charge is 0.388 e. The van der Waals surface area contributed by atoms with Crippen LogP contribution in [-0.4, -0.2) is 14.9 Å². The van der Waals surface area contributed by atoms with E-state index in [1.165, 1.54) is 4.88 Å². The first kappa shape index (κ1) is 12.3. The Bertz CT molecular complexity index is 436. The maximum absolute atomic E-state index is 10.1. The van der Waals surface area contributed by atoms with E-state index in [1.54, 1.807) is 17.5 Å². The lowest BCUT2D eigenvalue weighted by Crippen LogP contribution is -1.99. The summed E-state index contributed by atoms with van der Waals surface area (Å²) in [5.41, 5.74) is 0.926. The van der Waals surface area contributed by atoms with Gasteiger partial charge in [0, 0.05) is 23.2 Å². The van der Waals surface area contributed by atoms with E-state index in [-0.39, 0.29) is 0 Å². The van der Waals surface area contributed by atoms with E-state index < -0.39 is 6.10 Å². The van der Waals surface area contributed by atoms with Crippen molar-refractivity contribution in [2.24, 2.45) is 0 Å². The van der Waals surface area contributed by atoms with Crippen molar-refractivity contribution < 1.29 is 5.11 Å². The number of thiophene rings is 1. The van der Waals surface area contributed by atoms with Gasteiger partial charge >= 0.3 is 0 Å². The van der Waals surface area contributed by atoms with Crippen molar-refractivity contribution in [3.8, 4) is 0 Å². The smallest absolute Gasteiger partial charge is 0.0824 e. The van der Waals surface area contributed by atoms with Crippen LogP contribution in [0.3, 0.4) is 0 Å². The van der Waals surface area contributed by atoms with Crippen LogP contribution in [0, 0.1) is 0 Å². The summed E-state index contributed by atoms with van der Waals surface area (Å²) in [6.07, 6.45) is 6.07. The lowest BCUT2D eigenvalue weighted by Gasteiger charge is -2.06. The third-order valence-corrected chi connectivity index (χ3v) is 3.67. The Labute approximate surface area is 106 Å². The molecule has 0 aromatic carbocycles. The molecule has 2 aromatic rings. The monoisotopic (exact) mass is 250 g/mol. The highest BCUT2D eigenvalue weighted by Crippen LogP contribution is 2.20. The van der Waals surface area contributed by atoms with Gasteiger partial charge < -0.3 is 5.11 Å². The van der Waals surface area contributed by atoms with Crippen molar-refractivity contribution in [3.05, 3.63) is 40.3 Å². The normalized spacial score (nSPS) is 12.8. The Morgan fingerprint density at radius 2 is 2.41 bits per heavy atom. The zero-order valence-electron chi connectivity index (χ0n) is 10.0. The van der Waals surface area contributed by atoms with Crippen LogP contribution in [0.15, 0.2) is 29.9 Å². The maximum atomic E-state index is 10.1. The third-order valence-electron chi connectivity index (χ3n) is 2.73. The minimum absolute atomic E-state index is 0.400. The highest BCUT2D eigenvalue weighted by molar-refractivity contribution is 7.09. The first-order chi connectivity index (χ1) is 8.29. The van der Waals surface area contributed by atoms with E-state index in [0.717, 1.165) is 31.4 Å². The van der Waals surface area contributed by atoms with Gasteiger partial charge in [-0.3, -0.25) is 4.68 Å². The molecule has 2 rings (SSSR count). The molecule has 0 aliphatic rings. The summed E-state index contributed by atoms with van der Waals surface area (Å²) >= 11 is 1.74. The molecule has 4 heteroatoms. The van der Waals surface area contributed by atoms with Gasteiger partial charge in [-0.1, -0.05) is 13.0 Å². The summed E-state index contributed by atoms with van der Waals surface area (Å²) in [5.74, 6) is 0. The fourth-order valence-electron chi connectivity index (χ4n) is 1.80. The highest BCUT2D eigenvalue weighted by Gasteiger charge is 2.10. The first-order valence-corrected chi connectivity index (χ1v) is 6.90. The van der Waals surface area contributed by atoms with Gasteiger partial charge in [0.2, 0.25) is 0 Å². The number of aromatic nitrogens is 2. The zero-order valence-corrected chi connectivity index (χ0v) is 10.9. The molecule has 0 amide bonds. The van der Waals surface area contributed by atoms with E-state index >= 15 is 0 Å². The minimum atomic E-state index is -0.400. The van der Waals surface area contributed by atoms with Crippen LogP contribution >= 0.6 is 11.3 Å². The summed E-state index contributed by atoms with van der Waals surface area (Å²) in [4.78, 5) is 1.32. The van der Waals surface area contributed by atoms with Crippen molar-refractivity contribution in [3.63, 3.8) is 0 Å². The number of nitrogens with zero attached hydrogens (tertiary/aromatic N) is 2. The van der Waals surface area contributed by atoms with E-state index in [9.17, 15) is 5.11 Å². The van der Waals surface area contributed by atoms with Crippen LogP contribution < -0.4 is 0 Å². The summed E-state index contributed by atoms with van der Waals surface area (Å²) in [6, 6.07) is 4.16. The molecule has 2 heterocycles. The van der Waals surface area contributed by atoms with Gasteiger partial charge in [-0.25, -0.2) is 0 Å². The second-order valence-electron chi connectivity index (χ2n) is 4.17. The predicted octanol–water partition coefficient (Wildman–Crippen LogP) is 3.02. The number of aliphatic hydroxyl groups is 1. The number of rotatable bonds is 6. The van der Waals surface area contributed by atoms with Crippen LogP contribution in [-0.2, 0) is 13.0 Å². The molecule has 0 saturated carbocycles. The van der Waals surface area contributed by atoms with Gasteiger partial charge in [0.1, 0.15) is 0 Å². The molecule has 0 aliphatic carbocycles. The van der Waals surface area contributed by atoms with Crippen molar-refractivity contribution >= 4 is 11.3 Å². The molecule has 0 spiro atoms. The van der Waals surface area contributed by atoms with Crippen LogP contribution in [0.1, 0.15) is 36.3 Å². The third kappa shape index (κ3) is 3.41. The van der Waals surface area contributed by atoms with Gasteiger partial charge in [0.25, 0.3) is 0 Å². The average molecular weight is 250 g/mol. The summed E-state index contributed by atoms with van der Waals surface area (Å²) in [5, 5.41) is 16.4. The van der Waals surface area contributed by atoms with E-state index in [4.69, 9.17) is 0 Å². The zero-order chi connectivity index (χ0) is 12.1. The average Bonchev–Trinajstić information content (AvgIpc) is 2.97.